The number of carbonyl (C=O) groups excluding carboxylic acids is 3. The van der Waals surface area contributed by atoms with Crippen LogP contribution in [0.15, 0.2) is 29.2 Å². The van der Waals surface area contributed by atoms with E-state index in [0.717, 1.165) is 51.0 Å². The van der Waals surface area contributed by atoms with Crippen molar-refractivity contribution in [2.24, 2.45) is 5.92 Å². The van der Waals surface area contributed by atoms with Gasteiger partial charge in [0.1, 0.15) is 17.2 Å². The molecule has 8 nitrogen and oxygen atoms in total. The number of benzene rings is 1. The van der Waals surface area contributed by atoms with E-state index in [1.807, 2.05) is 13.8 Å². The zero-order chi connectivity index (χ0) is 30.6. The van der Waals surface area contributed by atoms with Crippen molar-refractivity contribution in [1.82, 2.24) is 14.8 Å². The molecule has 2 amide bonds. The summed E-state index contributed by atoms with van der Waals surface area (Å²) in [5.74, 6) is -3.85. The average Bonchev–Trinajstić information content (AvgIpc) is 3.05. The second-order valence-corrected chi connectivity index (χ2v) is 11.9. The molecular weight excluding hydrogens is 544 g/mol. The van der Waals surface area contributed by atoms with Gasteiger partial charge in [0.2, 0.25) is 11.2 Å². The maximum absolute atomic E-state index is 14.2. The number of hydrogen-bond acceptors (Lipinski definition) is 5. The molecule has 3 unspecified atom stereocenters. The van der Waals surface area contributed by atoms with E-state index in [9.17, 15) is 28.0 Å². The fourth-order valence-corrected chi connectivity index (χ4v) is 5.94. The van der Waals surface area contributed by atoms with Gasteiger partial charge in [-0.1, -0.05) is 52.0 Å². The predicted molar refractivity (Wildman–Crippen MR) is 154 cm³/mol. The molecule has 3 atom stereocenters. The second-order valence-electron chi connectivity index (χ2n) is 11.9. The molecule has 0 aliphatic carbocycles. The fraction of sp³-hybridized carbons (Fsp3) is 0.562. The smallest absolute Gasteiger partial charge is 0.311 e. The number of aromatic nitrogens is 1. The zero-order valence-electron chi connectivity index (χ0n) is 24.9. The minimum absolute atomic E-state index is 0.0354. The molecule has 1 aromatic carbocycles. The molecule has 2 aromatic rings. The molecule has 0 spiro atoms. The number of halogens is 2. The van der Waals surface area contributed by atoms with Crippen molar-refractivity contribution in [3.63, 3.8) is 0 Å². The van der Waals surface area contributed by atoms with Crippen LogP contribution in [0.5, 0.6) is 5.75 Å². The summed E-state index contributed by atoms with van der Waals surface area (Å²) < 4.78 is 34.8. The number of amides is 2. The lowest BCUT2D eigenvalue weighted by Crippen LogP contribution is -2.56. The van der Waals surface area contributed by atoms with E-state index in [-0.39, 0.29) is 41.7 Å². The van der Waals surface area contributed by atoms with Crippen LogP contribution < -0.4 is 15.5 Å². The molecule has 1 saturated heterocycles. The highest BCUT2D eigenvalue weighted by Gasteiger charge is 2.48. The number of rotatable bonds is 11. The average molecular weight is 586 g/mol. The van der Waals surface area contributed by atoms with Crippen LogP contribution in [0.1, 0.15) is 112 Å². The Bertz CT molecular complexity index is 1410. The maximum Gasteiger partial charge on any atom is 0.311 e. The summed E-state index contributed by atoms with van der Waals surface area (Å²) in [7, 11) is 0. The number of ether oxygens (including phenoxy) is 1. The molecule has 2 aliphatic heterocycles. The van der Waals surface area contributed by atoms with Gasteiger partial charge in [-0.2, -0.15) is 0 Å². The van der Waals surface area contributed by atoms with Crippen LogP contribution in [0.2, 0.25) is 0 Å². The van der Waals surface area contributed by atoms with Crippen LogP contribution >= 0.6 is 0 Å². The Balaban J connectivity index is 1.70. The topological polar surface area (TPSA) is 97.7 Å². The van der Waals surface area contributed by atoms with Crippen molar-refractivity contribution < 1.29 is 27.9 Å². The largest absolute Gasteiger partial charge is 0.420 e. The van der Waals surface area contributed by atoms with Crippen molar-refractivity contribution in [2.45, 2.75) is 104 Å². The SMILES string of the molecule is CCCCCCCCC(=O)Oc1c2n(cc(C(=O)NCc3ccc(F)cc3F)c1=O)C1(C)CN(C2=O)C(C)CCC1C. The van der Waals surface area contributed by atoms with Gasteiger partial charge in [0, 0.05) is 43.4 Å². The summed E-state index contributed by atoms with van der Waals surface area (Å²) in [6.45, 7) is 8.21. The lowest BCUT2D eigenvalue weighted by Gasteiger charge is -2.46. The van der Waals surface area contributed by atoms with Gasteiger partial charge in [-0.25, -0.2) is 8.78 Å². The van der Waals surface area contributed by atoms with E-state index >= 15 is 0 Å². The molecule has 228 valence electrons. The van der Waals surface area contributed by atoms with Gasteiger partial charge in [-0.15, -0.1) is 0 Å². The molecule has 10 heteroatoms. The Labute approximate surface area is 245 Å². The number of nitrogens with one attached hydrogen (secondary N) is 1. The Kier molecular flexibility index (Phi) is 9.84. The van der Waals surface area contributed by atoms with E-state index in [2.05, 4.69) is 19.2 Å². The van der Waals surface area contributed by atoms with Gasteiger partial charge in [-0.05, 0) is 45.1 Å². The van der Waals surface area contributed by atoms with E-state index < -0.39 is 46.1 Å². The molecule has 0 saturated carbocycles. The monoisotopic (exact) mass is 585 g/mol. The highest BCUT2D eigenvalue weighted by atomic mass is 19.1. The van der Waals surface area contributed by atoms with Gasteiger partial charge in [-0.3, -0.25) is 19.2 Å². The van der Waals surface area contributed by atoms with E-state index in [4.69, 9.17) is 4.74 Å². The molecular formula is C32H41F2N3O5. The molecule has 3 heterocycles. The fourth-order valence-electron chi connectivity index (χ4n) is 5.94. The van der Waals surface area contributed by atoms with E-state index in [1.54, 1.807) is 9.47 Å². The Morgan fingerprint density at radius 1 is 1.07 bits per heavy atom. The third-order valence-electron chi connectivity index (χ3n) is 8.93. The third-order valence-corrected chi connectivity index (χ3v) is 8.93. The van der Waals surface area contributed by atoms with Crippen molar-refractivity contribution in [2.75, 3.05) is 6.54 Å². The minimum atomic E-state index is -0.883. The number of nitrogens with zero attached hydrogens (tertiary/aromatic N) is 2. The summed E-state index contributed by atoms with van der Waals surface area (Å²) in [6, 6.07) is 2.92. The second kappa shape index (κ2) is 13.2. The van der Waals surface area contributed by atoms with Crippen molar-refractivity contribution in [3.05, 3.63) is 63.1 Å². The third kappa shape index (κ3) is 6.42. The van der Waals surface area contributed by atoms with Crippen LogP contribution in [-0.4, -0.2) is 39.8 Å². The summed E-state index contributed by atoms with van der Waals surface area (Å²) in [6.07, 6.45) is 8.76. The van der Waals surface area contributed by atoms with E-state index in [1.165, 1.54) is 12.3 Å². The van der Waals surface area contributed by atoms with Gasteiger partial charge >= 0.3 is 5.97 Å². The molecule has 1 N–H and O–H groups in total. The van der Waals surface area contributed by atoms with Crippen LogP contribution in [-0.2, 0) is 16.9 Å². The molecule has 4 rings (SSSR count). The van der Waals surface area contributed by atoms with Gasteiger partial charge in [0.25, 0.3) is 11.8 Å². The van der Waals surface area contributed by atoms with Crippen LogP contribution in [0.4, 0.5) is 8.78 Å². The lowest BCUT2D eigenvalue weighted by molar-refractivity contribution is -0.134. The first-order valence-electron chi connectivity index (χ1n) is 15.0. The van der Waals surface area contributed by atoms with Gasteiger partial charge in [0.15, 0.2) is 5.69 Å². The first-order valence-corrected chi connectivity index (χ1v) is 15.0. The lowest BCUT2D eigenvalue weighted by atomic mass is 9.82. The summed E-state index contributed by atoms with van der Waals surface area (Å²) in [4.78, 5) is 55.6. The standard InChI is InChI=1S/C32H41F2N3O5/c1-5-6-7-8-9-10-11-26(38)42-29-27-31(41)36-19-32(4,20(2)12-13-21(36)3)37(27)18-24(28(29)39)30(40)35-17-22-14-15-23(33)16-25(22)34/h14-16,18,20-21H,5-13,17,19H2,1-4H3,(H,35,40). The Hall–Kier alpha value is -3.56. The van der Waals surface area contributed by atoms with Crippen molar-refractivity contribution in [3.8, 4) is 5.75 Å². The Morgan fingerprint density at radius 3 is 2.50 bits per heavy atom. The molecule has 2 aliphatic rings. The highest BCUT2D eigenvalue weighted by molar-refractivity contribution is 6.00. The number of carbonyl (C=O) groups is 3. The first-order chi connectivity index (χ1) is 20.0. The Morgan fingerprint density at radius 2 is 1.79 bits per heavy atom. The van der Waals surface area contributed by atoms with Crippen molar-refractivity contribution >= 4 is 17.8 Å². The summed E-state index contributed by atoms with van der Waals surface area (Å²) >= 11 is 0. The quantitative estimate of drug-likeness (QED) is 0.270. The van der Waals surface area contributed by atoms with Gasteiger partial charge < -0.3 is 19.5 Å². The number of hydrogen-bond donors (Lipinski definition) is 1. The summed E-state index contributed by atoms with van der Waals surface area (Å²) in [5, 5.41) is 2.52. The predicted octanol–water partition coefficient (Wildman–Crippen LogP) is 5.70. The van der Waals surface area contributed by atoms with E-state index in [0.29, 0.717) is 19.0 Å². The summed E-state index contributed by atoms with van der Waals surface area (Å²) in [5.41, 5.74) is -1.88. The molecule has 1 aromatic heterocycles. The molecule has 0 radical (unpaired) electrons. The van der Waals surface area contributed by atoms with Gasteiger partial charge in [0.05, 0.1) is 5.54 Å². The molecule has 1 fully saturated rings. The number of esters is 1. The number of pyridine rings is 1. The maximum atomic E-state index is 14.2. The minimum Gasteiger partial charge on any atom is -0.420 e. The van der Waals surface area contributed by atoms with Crippen LogP contribution in [0, 0.1) is 17.6 Å². The van der Waals surface area contributed by atoms with Crippen molar-refractivity contribution in [1.29, 1.82) is 0 Å². The number of unbranched alkanes of at least 4 members (excludes halogenated alkanes) is 5. The normalized spacial score (nSPS) is 21.5. The zero-order valence-corrected chi connectivity index (χ0v) is 24.9. The molecule has 2 bridgehead atoms. The van der Waals surface area contributed by atoms with Crippen LogP contribution in [0.25, 0.3) is 0 Å². The van der Waals surface area contributed by atoms with Crippen LogP contribution in [0.3, 0.4) is 0 Å². The highest BCUT2D eigenvalue weighted by Crippen LogP contribution is 2.41. The molecule has 42 heavy (non-hydrogen) atoms. The number of fused-ring (bicyclic) bond motifs is 4. The first kappa shape index (κ1) is 31.4.